The summed E-state index contributed by atoms with van der Waals surface area (Å²) >= 11 is 0. The average molecular weight is 322 g/mol. The molecule has 0 saturated carbocycles. The average Bonchev–Trinajstić information content (AvgIpc) is 2.54. The van der Waals surface area contributed by atoms with Crippen LogP contribution in [0.4, 0.5) is 0 Å². The number of allylic oxidation sites excluding steroid dienone is 4. The zero-order valence-electron chi connectivity index (χ0n) is 14.0. The summed E-state index contributed by atoms with van der Waals surface area (Å²) in [5.41, 5.74) is 1.18. The van der Waals surface area contributed by atoms with Crippen LogP contribution in [0.15, 0.2) is 35.6 Å². The van der Waals surface area contributed by atoms with E-state index in [4.69, 9.17) is 9.84 Å². The van der Waals surface area contributed by atoms with Crippen molar-refractivity contribution in [2.24, 2.45) is 0 Å². The maximum atomic E-state index is 11.2. The van der Waals surface area contributed by atoms with Gasteiger partial charge in [0.15, 0.2) is 0 Å². The van der Waals surface area contributed by atoms with Gasteiger partial charge in [0.25, 0.3) is 0 Å². The Morgan fingerprint density at radius 3 is 2.48 bits per heavy atom. The molecule has 0 aliphatic carbocycles. The molecule has 2 N–H and O–H groups in total. The maximum absolute atomic E-state index is 11.2. The minimum absolute atomic E-state index is 0.0559. The van der Waals surface area contributed by atoms with E-state index in [9.17, 15) is 9.59 Å². The van der Waals surface area contributed by atoms with E-state index in [1.54, 1.807) is 7.11 Å². The summed E-state index contributed by atoms with van der Waals surface area (Å²) in [5, 5.41) is 11.2. The van der Waals surface area contributed by atoms with Gasteiger partial charge in [-0.2, -0.15) is 0 Å². The molecular formula is C17H26N2O4. The van der Waals surface area contributed by atoms with E-state index in [2.05, 4.69) is 16.3 Å². The lowest BCUT2D eigenvalue weighted by molar-refractivity contribution is -0.150. The Balaban J connectivity index is 2.52. The smallest absolute Gasteiger partial charge is 0.394 e. The van der Waals surface area contributed by atoms with Crippen LogP contribution in [0.5, 0.6) is 0 Å². The molecule has 1 saturated heterocycles. The van der Waals surface area contributed by atoms with Crippen molar-refractivity contribution >= 4 is 11.9 Å². The molecule has 128 valence electrons. The Kier molecular flexibility index (Phi) is 8.11. The van der Waals surface area contributed by atoms with Gasteiger partial charge in [0.1, 0.15) is 0 Å². The van der Waals surface area contributed by atoms with E-state index in [0.717, 1.165) is 38.2 Å². The van der Waals surface area contributed by atoms with E-state index in [-0.39, 0.29) is 6.04 Å². The number of aliphatic carboxylic acids is 1. The van der Waals surface area contributed by atoms with Crippen molar-refractivity contribution in [3.63, 3.8) is 0 Å². The molecule has 1 heterocycles. The molecule has 1 aliphatic rings. The first-order valence-corrected chi connectivity index (χ1v) is 7.76. The lowest BCUT2D eigenvalue weighted by Gasteiger charge is -2.32. The number of piperidine rings is 1. The van der Waals surface area contributed by atoms with E-state index >= 15 is 0 Å². The standard InChI is InChI=1S/C17H26N2O4/c1-4-5-14(7-6-13(2)23-3)12-19-10-8-15(9-11-19)18-16(20)17(21)22/h4-7,15H,8-12H2,1-3H3,(H,18,20)(H,21,22)/b5-4-,13-6+,14-7+. The zero-order valence-corrected chi connectivity index (χ0v) is 14.0. The number of rotatable bonds is 6. The summed E-state index contributed by atoms with van der Waals surface area (Å²) in [6, 6.07) is -0.0559. The Morgan fingerprint density at radius 1 is 1.30 bits per heavy atom. The van der Waals surface area contributed by atoms with Crippen LogP contribution in [-0.4, -0.2) is 54.7 Å². The molecule has 1 rings (SSSR count). The van der Waals surface area contributed by atoms with Gasteiger partial charge < -0.3 is 15.2 Å². The SMILES string of the molecule is C\C=C/C(=C\C=C(/C)OC)CN1CCC(NC(=O)C(=O)O)CC1. The topological polar surface area (TPSA) is 78.9 Å². The second kappa shape index (κ2) is 9.84. The fourth-order valence-electron chi connectivity index (χ4n) is 2.41. The van der Waals surface area contributed by atoms with Gasteiger partial charge >= 0.3 is 11.9 Å². The fourth-order valence-corrected chi connectivity index (χ4v) is 2.41. The minimum Gasteiger partial charge on any atom is -0.501 e. The molecule has 6 heteroatoms. The second-order valence-electron chi connectivity index (χ2n) is 5.55. The minimum atomic E-state index is -1.42. The number of carbonyl (C=O) groups is 2. The van der Waals surface area contributed by atoms with E-state index in [0.29, 0.717) is 0 Å². The van der Waals surface area contributed by atoms with Crippen LogP contribution in [0.1, 0.15) is 26.7 Å². The van der Waals surface area contributed by atoms with Crippen LogP contribution in [0.2, 0.25) is 0 Å². The number of nitrogens with one attached hydrogen (secondary N) is 1. The Bertz CT molecular complexity index is 501. The molecular weight excluding hydrogens is 296 g/mol. The molecule has 0 atom stereocenters. The first kappa shape index (κ1) is 19.0. The van der Waals surface area contributed by atoms with Crippen molar-refractivity contribution < 1.29 is 19.4 Å². The molecule has 1 amide bonds. The predicted molar refractivity (Wildman–Crippen MR) is 88.9 cm³/mol. The van der Waals surface area contributed by atoms with Crippen LogP contribution in [0, 0.1) is 0 Å². The number of methoxy groups -OCH3 is 1. The van der Waals surface area contributed by atoms with E-state index in [1.165, 1.54) is 5.57 Å². The number of carboxylic acid groups (broad SMARTS) is 1. The number of ether oxygens (including phenoxy) is 1. The third-order valence-electron chi connectivity index (χ3n) is 3.76. The summed E-state index contributed by atoms with van der Waals surface area (Å²) < 4.78 is 5.13. The molecule has 23 heavy (non-hydrogen) atoms. The third-order valence-corrected chi connectivity index (χ3v) is 3.76. The van der Waals surface area contributed by atoms with Gasteiger partial charge in [-0.25, -0.2) is 4.79 Å². The molecule has 0 bridgehead atoms. The Labute approximate surface area is 137 Å². The van der Waals surface area contributed by atoms with Crippen LogP contribution in [-0.2, 0) is 14.3 Å². The van der Waals surface area contributed by atoms with Crippen molar-refractivity contribution in [2.75, 3.05) is 26.7 Å². The number of carboxylic acids is 1. The highest BCUT2D eigenvalue weighted by Gasteiger charge is 2.23. The molecule has 0 spiro atoms. The maximum Gasteiger partial charge on any atom is 0.394 e. The summed E-state index contributed by atoms with van der Waals surface area (Å²) in [4.78, 5) is 24.0. The number of hydrogen-bond donors (Lipinski definition) is 2. The zero-order chi connectivity index (χ0) is 17.2. The highest BCUT2D eigenvalue weighted by molar-refractivity contribution is 6.31. The van der Waals surface area contributed by atoms with Crippen molar-refractivity contribution in [3.05, 3.63) is 35.6 Å². The molecule has 0 radical (unpaired) electrons. The molecule has 1 aliphatic heterocycles. The number of hydrogen-bond acceptors (Lipinski definition) is 4. The predicted octanol–water partition coefficient (Wildman–Crippen LogP) is 1.70. The lowest BCUT2D eigenvalue weighted by atomic mass is 10.0. The first-order valence-electron chi connectivity index (χ1n) is 7.76. The number of nitrogens with zero attached hydrogens (tertiary/aromatic N) is 1. The highest BCUT2D eigenvalue weighted by Crippen LogP contribution is 2.13. The number of amides is 1. The summed E-state index contributed by atoms with van der Waals surface area (Å²) in [7, 11) is 1.64. The normalized spacial score (nSPS) is 18.2. The molecule has 0 aromatic rings. The first-order chi connectivity index (χ1) is 11.0. The molecule has 6 nitrogen and oxygen atoms in total. The fraction of sp³-hybridized carbons (Fsp3) is 0.529. The highest BCUT2D eigenvalue weighted by atomic mass is 16.5. The molecule has 0 unspecified atom stereocenters. The van der Waals surface area contributed by atoms with Gasteiger partial charge in [0, 0.05) is 25.7 Å². The lowest BCUT2D eigenvalue weighted by Crippen LogP contribution is -2.46. The monoisotopic (exact) mass is 322 g/mol. The summed E-state index contributed by atoms with van der Waals surface area (Å²) in [6.07, 6.45) is 9.57. The second-order valence-corrected chi connectivity index (χ2v) is 5.55. The molecule has 0 aromatic heterocycles. The van der Waals surface area contributed by atoms with Crippen molar-refractivity contribution in [1.82, 2.24) is 10.2 Å². The number of carbonyl (C=O) groups excluding carboxylic acids is 1. The van der Waals surface area contributed by atoms with Crippen molar-refractivity contribution in [2.45, 2.75) is 32.7 Å². The third kappa shape index (κ3) is 7.15. The van der Waals surface area contributed by atoms with Gasteiger partial charge in [-0.15, -0.1) is 0 Å². The van der Waals surface area contributed by atoms with Gasteiger partial charge in [-0.3, -0.25) is 9.69 Å². The van der Waals surface area contributed by atoms with Gasteiger partial charge in [-0.05, 0) is 38.3 Å². The Hall–Kier alpha value is -2.08. The summed E-state index contributed by atoms with van der Waals surface area (Å²) in [5.74, 6) is -1.49. The summed E-state index contributed by atoms with van der Waals surface area (Å²) in [6.45, 7) is 6.35. The molecule has 0 aromatic carbocycles. The van der Waals surface area contributed by atoms with Gasteiger partial charge in [0.05, 0.1) is 12.9 Å². The van der Waals surface area contributed by atoms with Crippen LogP contribution >= 0.6 is 0 Å². The van der Waals surface area contributed by atoms with E-state index in [1.807, 2.05) is 32.1 Å². The quantitative estimate of drug-likeness (QED) is 0.442. The van der Waals surface area contributed by atoms with E-state index < -0.39 is 11.9 Å². The van der Waals surface area contributed by atoms with Crippen LogP contribution in [0.25, 0.3) is 0 Å². The Morgan fingerprint density at radius 2 is 1.96 bits per heavy atom. The van der Waals surface area contributed by atoms with Crippen LogP contribution < -0.4 is 5.32 Å². The van der Waals surface area contributed by atoms with Crippen molar-refractivity contribution in [1.29, 1.82) is 0 Å². The van der Waals surface area contributed by atoms with Crippen molar-refractivity contribution in [3.8, 4) is 0 Å². The largest absolute Gasteiger partial charge is 0.501 e. The molecule has 1 fully saturated rings. The van der Waals surface area contributed by atoms with Gasteiger partial charge in [-0.1, -0.05) is 18.2 Å². The van der Waals surface area contributed by atoms with Gasteiger partial charge in [0.2, 0.25) is 0 Å². The number of likely N-dealkylation sites (tertiary alicyclic amines) is 1. The van der Waals surface area contributed by atoms with Crippen LogP contribution in [0.3, 0.4) is 0 Å².